The zero-order valence-electron chi connectivity index (χ0n) is 24.3. The highest BCUT2D eigenvalue weighted by atomic mass is 32.1. The standard InChI is InChI=1S/C33H37N5O2S/c1-5-22-14-23-8-7-12-34-29(23)20-38(18-22)19-26-16-25(15-24-11-13-41-33(24)26)28(17-31(39)40-6-2)27-9-10-30-32(21(27)3)35-36-37(30)4/h7-13,15-16,22,28H,5-6,14,17-20H2,1-4H3/t22-,28-/m0/s1. The van der Waals surface area contributed by atoms with E-state index in [4.69, 9.17) is 9.72 Å². The van der Waals surface area contributed by atoms with Gasteiger partial charge in [-0.2, -0.15) is 0 Å². The number of pyridine rings is 1. The summed E-state index contributed by atoms with van der Waals surface area (Å²) in [5.74, 6) is 0.253. The number of esters is 1. The van der Waals surface area contributed by atoms with Gasteiger partial charge in [-0.1, -0.05) is 36.8 Å². The Kier molecular flexibility index (Phi) is 7.86. The number of benzene rings is 2. The van der Waals surface area contributed by atoms with Gasteiger partial charge in [-0.3, -0.25) is 14.7 Å². The molecule has 0 aliphatic carbocycles. The van der Waals surface area contributed by atoms with Gasteiger partial charge >= 0.3 is 5.97 Å². The number of thiophene rings is 1. The second-order valence-corrected chi connectivity index (χ2v) is 12.1. The largest absolute Gasteiger partial charge is 0.466 e. The highest BCUT2D eigenvalue weighted by Gasteiger charge is 2.26. The molecule has 0 N–H and O–H groups in total. The van der Waals surface area contributed by atoms with Crippen molar-refractivity contribution in [1.82, 2.24) is 24.9 Å². The van der Waals surface area contributed by atoms with Crippen LogP contribution in [0.15, 0.2) is 54.0 Å². The number of fused-ring (bicyclic) bond motifs is 3. The minimum absolute atomic E-state index is 0.154. The molecule has 4 heterocycles. The quantitative estimate of drug-likeness (QED) is 0.198. The van der Waals surface area contributed by atoms with Crippen LogP contribution in [0, 0.1) is 12.8 Å². The van der Waals surface area contributed by atoms with Gasteiger partial charge in [0.25, 0.3) is 0 Å². The predicted molar refractivity (Wildman–Crippen MR) is 164 cm³/mol. The van der Waals surface area contributed by atoms with Crippen molar-refractivity contribution in [1.29, 1.82) is 0 Å². The first-order valence-corrected chi connectivity index (χ1v) is 15.4. The van der Waals surface area contributed by atoms with Crippen LogP contribution in [0.25, 0.3) is 21.1 Å². The Hall–Kier alpha value is -3.62. The molecule has 0 spiro atoms. The lowest BCUT2D eigenvalue weighted by atomic mass is 9.84. The maximum absolute atomic E-state index is 13.0. The van der Waals surface area contributed by atoms with Crippen LogP contribution in [0.5, 0.6) is 0 Å². The molecule has 5 aromatic rings. The van der Waals surface area contributed by atoms with Crippen LogP contribution in [-0.2, 0) is 36.1 Å². The third-order valence-electron chi connectivity index (χ3n) is 8.54. The number of ether oxygens (including phenoxy) is 1. The number of rotatable bonds is 8. The van der Waals surface area contributed by atoms with Gasteiger partial charge in [-0.15, -0.1) is 16.4 Å². The number of carbonyl (C=O) groups excluding carboxylic acids is 1. The topological polar surface area (TPSA) is 73.1 Å². The molecule has 0 saturated heterocycles. The SMILES string of the molecule is CCOC(=O)C[C@@H](c1cc(CN2Cc3ncccc3C[C@H](CC)C2)c2sccc2c1)c1ccc2c(nnn2C)c1C. The zero-order valence-corrected chi connectivity index (χ0v) is 25.1. The first kappa shape index (κ1) is 27.5. The fraction of sp³-hybridized carbons (Fsp3) is 0.394. The number of aromatic nitrogens is 4. The van der Waals surface area contributed by atoms with E-state index in [2.05, 4.69) is 76.9 Å². The van der Waals surface area contributed by atoms with Gasteiger partial charge in [0, 0.05) is 43.5 Å². The summed E-state index contributed by atoms with van der Waals surface area (Å²) < 4.78 is 8.56. The van der Waals surface area contributed by atoms with E-state index in [0.717, 1.165) is 60.2 Å². The third kappa shape index (κ3) is 5.51. The fourth-order valence-corrected chi connectivity index (χ4v) is 7.26. The van der Waals surface area contributed by atoms with Crippen LogP contribution in [0.3, 0.4) is 0 Å². The Balaban J connectivity index is 1.42. The van der Waals surface area contributed by atoms with Gasteiger partial charge in [0.15, 0.2) is 0 Å². The minimum atomic E-state index is -0.191. The van der Waals surface area contributed by atoms with Crippen molar-refractivity contribution in [3.63, 3.8) is 0 Å². The highest BCUT2D eigenvalue weighted by molar-refractivity contribution is 7.17. The van der Waals surface area contributed by atoms with Crippen molar-refractivity contribution in [2.24, 2.45) is 13.0 Å². The van der Waals surface area contributed by atoms with E-state index in [1.807, 2.05) is 20.2 Å². The van der Waals surface area contributed by atoms with E-state index >= 15 is 0 Å². The fourth-order valence-electron chi connectivity index (χ4n) is 6.37. The van der Waals surface area contributed by atoms with Crippen molar-refractivity contribution >= 4 is 38.4 Å². The Labute approximate surface area is 245 Å². The molecule has 0 unspecified atom stereocenters. The summed E-state index contributed by atoms with van der Waals surface area (Å²) in [6.07, 6.45) is 4.41. The summed E-state index contributed by atoms with van der Waals surface area (Å²) in [5, 5.41) is 12.1. The molecule has 2 aromatic carbocycles. The minimum Gasteiger partial charge on any atom is -0.466 e. The van der Waals surface area contributed by atoms with Crippen molar-refractivity contribution in [2.75, 3.05) is 13.2 Å². The second-order valence-electron chi connectivity index (χ2n) is 11.2. The zero-order chi connectivity index (χ0) is 28.5. The number of aryl methyl sites for hydroxylation is 2. The average Bonchev–Trinajstić information content (AvgIpc) is 3.55. The summed E-state index contributed by atoms with van der Waals surface area (Å²) in [6.45, 7) is 9.32. The number of carbonyl (C=O) groups is 1. The summed E-state index contributed by atoms with van der Waals surface area (Å²) in [5.41, 5.74) is 8.99. The van der Waals surface area contributed by atoms with Gasteiger partial charge in [-0.25, -0.2) is 4.68 Å². The number of nitrogens with zero attached hydrogens (tertiary/aromatic N) is 5. The Bertz CT molecular complexity index is 1710. The molecule has 3 aromatic heterocycles. The molecule has 2 atom stereocenters. The van der Waals surface area contributed by atoms with Crippen molar-refractivity contribution < 1.29 is 9.53 Å². The van der Waals surface area contributed by atoms with E-state index in [1.165, 1.54) is 26.9 Å². The van der Waals surface area contributed by atoms with Crippen LogP contribution in [0.1, 0.15) is 66.1 Å². The first-order chi connectivity index (χ1) is 19.9. The van der Waals surface area contributed by atoms with Crippen LogP contribution in [0.2, 0.25) is 0 Å². The predicted octanol–water partition coefficient (Wildman–Crippen LogP) is 6.56. The second kappa shape index (κ2) is 11.7. The lowest BCUT2D eigenvalue weighted by Gasteiger charge is -2.25. The molecular weight excluding hydrogens is 530 g/mol. The van der Waals surface area contributed by atoms with Gasteiger partial charge in [0.2, 0.25) is 0 Å². The van der Waals surface area contributed by atoms with Crippen LogP contribution in [-0.4, -0.2) is 44.0 Å². The molecule has 1 aliphatic heterocycles. The molecule has 6 rings (SSSR count). The molecule has 7 nitrogen and oxygen atoms in total. The molecule has 1 aliphatic rings. The normalized spacial score (nSPS) is 16.5. The Morgan fingerprint density at radius 3 is 2.90 bits per heavy atom. The first-order valence-electron chi connectivity index (χ1n) is 14.5. The smallest absolute Gasteiger partial charge is 0.306 e. The molecular formula is C33H37N5O2S. The van der Waals surface area contributed by atoms with E-state index in [1.54, 1.807) is 16.0 Å². The monoisotopic (exact) mass is 567 g/mol. The summed E-state index contributed by atoms with van der Waals surface area (Å²) >= 11 is 1.79. The van der Waals surface area contributed by atoms with Crippen molar-refractivity contribution in [2.45, 2.75) is 59.0 Å². The number of hydrogen-bond acceptors (Lipinski definition) is 7. The molecule has 8 heteroatoms. The molecule has 0 saturated carbocycles. The van der Waals surface area contributed by atoms with E-state index < -0.39 is 0 Å². The summed E-state index contributed by atoms with van der Waals surface area (Å²) in [4.78, 5) is 20.3. The molecule has 212 valence electrons. The van der Waals surface area contributed by atoms with E-state index in [0.29, 0.717) is 12.5 Å². The molecule has 0 amide bonds. The van der Waals surface area contributed by atoms with Gasteiger partial charge in [-0.05, 0) is 89.0 Å². The van der Waals surface area contributed by atoms with Crippen molar-refractivity contribution in [3.05, 3.63) is 87.6 Å². The average molecular weight is 568 g/mol. The third-order valence-corrected chi connectivity index (χ3v) is 9.54. The van der Waals surface area contributed by atoms with E-state index in [-0.39, 0.29) is 18.3 Å². The summed E-state index contributed by atoms with van der Waals surface area (Å²) in [6, 6.07) is 15.3. The maximum atomic E-state index is 13.0. The Morgan fingerprint density at radius 1 is 1.20 bits per heavy atom. The lowest BCUT2D eigenvalue weighted by molar-refractivity contribution is -0.143. The molecule has 0 radical (unpaired) electrons. The summed E-state index contributed by atoms with van der Waals surface area (Å²) in [7, 11) is 1.90. The van der Waals surface area contributed by atoms with E-state index in [9.17, 15) is 4.79 Å². The molecule has 0 bridgehead atoms. The molecule has 41 heavy (non-hydrogen) atoms. The van der Waals surface area contributed by atoms with Gasteiger partial charge in [0.05, 0.1) is 24.2 Å². The lowest BCUT2D eigenvalue weighted by Crippen LogP contribution is -2.27. The van der Waals surface area contributed by atoms with Crippen LogP contribution in [0.4, 0.5) is 0 Å². The van der Waals surface area contributed by atoms with Crippen molar-refractivity contribution in [3.8, 4) is 0 Å². The number of hydrogen-bond donors (Lipinski definition) is 0. The maximum Gasteiger partial charge on any atom is 0.306 e. The van der Waals surface area contributed by atoms with Gasteiger partial charge < -0.3 is 4.74 Å². The van der Waals surface area contributed by atoms with Gasteiger partial charge in [0.1, 0.15) is 5.52 Å². The Morgan fingerprint density at radius 2 is 2.07 bits per heavy atom. The van der Waals surface area contributed by atoms with Crippen LogP contribution < -0.4 is 0 Å². The molecule has 0 fully saturated rings. The highest BCUT2D eigenvalue weighted by Crippen LogP contribution is 2.38. The van der Waals surface area contributed by atoms with Crippen LogP contribution >= 0.6 is 11.3 Å².